The Morgan fingerprint density at radius 1 is 1.48 bits per heavy atom. The summed E-state index contributed by atoms with van der Waals surface area (Å²) in [5.41, 5.74) is 2.14. The minimum Gasteiger partial charge on any atom is -0.361 e. The van der Waals surface area contributed by atoms with Crippen molar-refractivity contribution in [3.05, 3.63) is 36.0 Å². The highest BCUT2D eigenvalue weighted by atomic mass is 32.1. The number of aromatic nitrogens is 1. The van der Waals surface area contributed by atoms with E-state index in [2.05, 4.69) is 17.6 Å². The number of para-hydroxylation sites is 1. The van der Waals surface area contributed by atoms with Crippen LogP contribution in [0.1, 0.15) is 18.9 Å². The molecular formula is C16H18N2O4S. The zero-order chi connectivity index (χ0) is 16.4. The van der Waals surface area contributed by atoms with E-state index in [0.717, 1.165) is 21.5 Å². The van der Waals surface area contributed by atoms with Crippen LogP contribution in [0.2, 0.25) is 0 Å². The first-order valence-corrected chi connectivity index (χ1v) is 7.86. The lowest BCUT2D eigenvalue weighted by atomic mass is 10.0. The van der Waals surface area contributed by atoms with E-state index in [-0.39, 0.29) is 13.2 Å². The van der Waals surface area contributed by atoms with Crippen LogP contribution in [-0.4, -0.2) is 40.0 Å². The molecule has 1 aliphatic rings. The summed E-state index contributed by atoms with van der Waals surface area (Å²) in [6.07, 6.45) is 2.93. The minimum atomic E-state index is -1.29. The molecule has 7 heteroatoms. The fraction of sp³-hybridized carbons (Fsp3) is 0.375. The molecule has 6 nitrogen and oxygen atoms in total. The maximum Gasteiger partial charge on any atom is 0.329 e. The third-order valence-electron chi connectivity index (χ3n) is 3.84. The zero-order valence-corrected chi connectivity index (χ0v) is 13.6. The molecule has 3 rings (SSSR count). The van der Waals surface area contributed by atoms with Gasteiger partial charge in [0.25, 0.3) is 5.91 Å². The van der Waals surface area contributed by atoms with Crippen LogP contribution in [-0.2, 0) is 25.6 Å². The molecule has 0 bridgehead atoms. The van der Waals surface area contributed by atoms with Crippen LogP contribution in [0.4, 0.5) is 0 Å². The van der Waals surface area contributed by atoms with E-state index < -0.39 is 16.8 Å². The molecule has 1 saturated heterocycles. The molecular weight excluding hydrogens is 316 g/mol. The van der Waals surface area contributed by atoms with Crippen LogP contribution in [0.3, 0.4) is 0 Å². The van der Waals surface area contributed by atoms with Crippen molar-refractivity contribution in [3.8, 4) is 0 Å². The Hall–Kier alpha value is -1.99. The van der Waals surface area contributed by atoms with Crippen molar-refractivity contribution in [3.63, 3.8) is 0 Å². The quantitative estimate of drug-likeness (QED) is 0.840. The number of aryl methyl sites for hydroxylation is 1. The lowest BCUT2D eigenvalue weighted by molar-refractivity contribution is -0.220. The highest BCUT2D eigenvalue weighted by Crippen LogP contribution is 2.30. The average molecular weight is 334 g/mol. The number of thiol groups is 1. The van der Waals surface area contributed by atoms with Crippen LogP contribution in [0, 0.1) is 0 Å². The van der Waals surface area contributed by atoms with Crippen LogP contribution in [0.5, 0.6) is 0 Å². The number of amides is 1. The number of ether oxygens (including phenoxy) is 1. The minimum absolute atomic E-state index is 0.216. The number of H-pyrrole nitrogens is 1. The Balaban J connectivity index is 1.73. The van der Waals surface area contributed by atoms with E-state index in [1.807, 2.05) is 30.5 Å². The number of morpholine rings is 1. The van der Waals surface area contributed by atoms with Crippen LogP contribution in [0.15, 0.2) is 30.5 Å². The van der Waals surface area contributed by atoms with Crippen molar-refractivity contribution < 1.29 is 19.2 Å². The summed E-state index contributed by atoms with van der Waals surface area (Å²) >= 11 is 4.42. The van der Waals surface area contributed by atoms with Gasteiger partial charge in [0, 0.05) is 24.0 Å². The van der Waals surface area contributed by atoms with Gasteiger partial charge in [0.2, 0.25) is 0 Å². The largest absolute Gasteiger partial charge is 0.361 e. The number of carbonyl (C=O) groups excluding carboxylic acids is 2. The molecule has 0 aliphatic carbocycles. The smallest absolute Gasteiger partial charge is 0.329 e. The number of rotatable bonds is 4. The van der Waals surface area contributed by atoms with Gasteiger partial charge in [-0.05, 0) is 24.5 Å². The predicted octanol–water partition coefficient (Wildman–Crippen LogP) is 2.06. The fourth-order valence-corrected chi connectivity index (χ4v) is 3.03. The number of benzene rings is 1. The number of hydrogen-bond donors (Lipinski definition) is 2. The lowest BCUT2D eigenvalue weighted by Crippen LogP contribution is -2.54. The monoisotopic (exact) mass is 334 g/mol. The highest BCUT2D eigenvalue weighted by Gasteiger charge is 2.43. The van der Waals surface area contributed by atoms with Gasteiger partial charge in [-0.1, -0.05) is 18.2 Å². The summed E-state index contributed by atoms with van der Waals surface area (Å²) < 4.78 is 5.57. The van der Waals surface area contributed by atoms with Crippen molar-refractivity contribution >= 4 is 35.4 Å². The second-order valence-electron chi connectivity index (χ2n) is 5.48. The van der Waals surface area contributed by atoms with E-state index in [9.17, 15) is 9.59 Å². The molecule has 1 aliphatic heterocycles. The SMILES string of the molecule is CC(=O)ON1CCOC(S)(CCc2c[nH]c3ccccc23)C1=O. The van der Waals surface area contributed by atoms with Crippen molar-refractivity contribution in [2.75, 3.05) is 13.2 Å². The normalized spacial score (nSPS) is 21.7. The molecule has 1 aromatic carbocycles. The van der Waals surface area contributed by atoms with Gasteiger partial charge in [-0.15, -0.1) is 12.6 Å². The summed E-state index contributed by atoms with van der Waals surface area (Å²) in [6, 6.07) is 7.97. The topological polar surface area (TPSA) is 71.6 Å². The van der Waals surface area contributed by atoms with Gasteiger partial charge in [0.15, 0.2) is 4.93 Å². The van der Waals surface area contributed by atoms with Gasteiger partial charge < -0.3 is 14.6 Å². The molecule has 0 radical (unpaired) electrons. The summed E-state index contributed by atoms with van der Waals surface area (Å²) in [5.74, 6) is -0.977. The van der Waals surface area contributed by atoms with Crippen molar-refractivity contribution in [1.82, 2.24) is 10.0 Å². The van der Waals surface area contributed by atoms with Gasteiger partial charge in [-0.25, -0.2) is 0 Å². The molecule has 1 amide bonds. The molecule has 23 heavy (non-hydrogen) atoms. The molecule has 1 fully saturated rings. The van der Waals surface area contributed by atoms with Gasteiger partial charge >= 0.3 is 5.97 Å². The van der Waals surface area contributed by atoms with E-state index in [1.165, 1.54) is 6.92 Å². The Bertz CT molecular complexity index is 745. The third kappa shape index (κ3) is 3.20. The molecule has 2 heterocycles. The van der Waals surface area contributed by atoms with Crippen molar-refractivity contribution in [1.29, 1.82) is 0 Å². The van der Waals surface area contributed by atoms with Crippen molar-refractivity contribution in [2.24, 2.45) is 0 Å². The molecule has 1 N–H and O–H groups in total. The van der Waals surface area contributed by atoms with E-state index in [0.29, 0.717) is 12.8 Å². The number of carbonyl (C=O) groups is 2. The second-order valence-corrected chi connectivity index (χ2v) is 6.20. The lowest BCUT2D eigenvalue weighted by Gasteiger charge is -2.36. The Morgan fingerprint density at radius 3 is 3.04 bits per heavy atom. The van der Waals surface area contributed by atoms with Crippen LogP contribution >= 0.6 is 12.6 Å². The highest BCUT2D eigenvalue weighted by molar-refractivity contribution is 7.82. The Kier molecular flexibility index (Phi) is 4.32. The summed E-state index contributed by atoms with van der Waals surface area (Å²) in [5, 5.41) is 2.15. The third-order valence-corrected chi connectivity index (χ3v) is 4.39. The van der Waals surface area contributed by atoms with Gasteiger partial charge in [0.1, 0.15) is 0 Å². The van der Waals surface area contributed by atoms with Gasteiger partial charge in [-0.3, -0.25) is 9.59 Å². The number of nitrogens with one attached hydrogen (secondary N) is 1. The molecule has 2 aromatic rings. The first kappa shape index (κ1) is 15.9. The first-order valence-electron chi connectivity index (χ1n) is 7.41. The summed E-state index contributed by atoms with van der Waals surface area (Å²) in [6.45, 7) is 1.75. The zero-order valence-electron chi connectivity index (χ0n) is 12.7. The number of fused-ring (bicyclic) bond motifs is 1. The van der Waals surface area contributed by atoms with Crippen LogP contribution < -0.4 is 0 Å². The van der Waals surface area contributed by atoms with Crippen LogP contribution in [0.25, 0.3) is 10.9 Å². The Morgan fingerprint density at radius 2 is 2.26 bits per heavy atom. The molecule has 0 saturated carbocycles. The molecule has 1 unspecified atom stereocenters. The Labute approximate surface area is 139 Å². The predicted molar refractivity (Wildman–Crippen MR) is 87.8 cm³/mol. The number of hydrogen-bond acceptors (Lipinski definition) is 5. The second kappa shape index (κ2) is 6.25. The molecule has 1 atom stereocenters. The standard InChI is InChI=1S/C16H18N2O4S/c1-11(19)22-18-8-9-21-16(23,15(18)20)7-6-12-10-17-14-5-3-2-4-13(12)14/h2-5,10,17,23H,6-9H2,1H3. The number of hydroxylamine groups is 2. The average Bonchev–Trinajstić information content (AvgIpc) is 2.93. The molecule has 1 aromatic heterocycles. The maximum absolute atomic E-state index is 12.4. The summed E-state index contributed by atoms with van der Waals surface area (Å²) in [4.78, 5) is 30.4. The van der Waals surface area contributed by atoms with Crippen molar-refractivity contribution in [2.45, 2.75) is 24.7 Å². The summed E-state index contributed by atoms with van der Waals surface area (Å²) in [7, 11) is 0. The first-order chi connectivity index (χ1) is 11.0. The number of aromatic amines is 1. The molecule has 122 valence electrons. The van der Waals surface area contributed by atoms with E-state index in [4.69, 9.17) is 9.57 Å². The number of nitrogens with zero attached hydrogens (tertiary/aromatic N) is 1. The van der Waals surface area contributed by atoms with Gasteiger partial charge in [0.05, 0.1) is 13.2 Å². The maximum atomic E-state index is 12.4. The fourth-order valence-electron chi connectivity index (χ4n) is 2.72. The molecule has 0 spiro atoms. The van der Waals surface area contributed by atoms with Gasteiger partial charge in [-0.2, -0.15) is 5.06 Å². The van der Waals surface area contributed by atoms with E-state index in [1.54, 1.807) is 0 Å². The van der Waals surface area contributed by atoms with E-state index >= 15 is 0 Å².